The molecule has 0 unspecified atom stereocenters. The van der Waals surface area contributed by atoms with Crippen LogP contribution < -0.4 is 4.90 Å². The lowest BCUT2D eigenvalue weighted by atomic mass is 10.0. The van der Waals surface area contributed by atoms with Crippen LogP contribution in [0, 0.1) is 0 Å². The molecule has 0 aliphatic rings. The minimum Gasteiger partial charge on any atom is -0.378 e. The first-order chi connectivity index (χ1) is 13.0. The molecule has 1 heterocycles. The molecule has 0 radical (unpaired) electrons. The minimum absolute atomic E-state index is 0.0868. The molecule has 3 aromatic rings. The third-order valence-corrected chi connectivity index (χ3v) is 5.33. The lowest BCUT2D eigenvalue weighted by Gasteiger charge is -2.12. The van der Waals surface area contributed by atoms with Crippen molar-refractivity contribution >= 4 is 15.5 Å². The number of aromatic amines is 1. The molecule has 0 aliphatic heterocycles. The Balaban J connectivity index is 2.13. The van der Waals surface area contributed by atoms with Gasteiger partial charge in [-0.2, -0.15) is 13.2 Å². The van der Waals surface area contributed by atoms with Crippen molar-refractivity contribution in [1.82, 2.24) is 9.97 Å². The van der Waals surface area contributed by atoms with Crippen LogP contribution in [0.5, 0.6) is 0 Å². The van der Waals surface area contributed by atoms with E-state index in [0.717, 1.165) is 11.9 Å². The molecule has 0 saturated heterocycles. The summed E-state index contributed by atoms with van der Waals surface area (Å²) in [4.78, 5) is 8.06. The normalized spacial score (nSPS) is 12.2. The van der Waals surface area contributed by atoms with Gasteiger partial charge in [0.1, 0.15) is 0 Å². The third kappa shape index (κ3) is 4.04. The van der Waals surface area contributed by atoms with Crippen LogP contribution in [-0.2, 0) is 16.0 Å². The van der Waals surface area contributed by atoms with Gasteiger partial charge >= 0.3 is 6.18 Å². The first kappa shape index (κ1) is 19.9. The lowest BCUT2D eigenvalue weighted by molar-refractivity contribution is -0.144. The van der Waals surface area contributed by atoms with Gasteiger partial charge in [-0.3, -0.25) is 0 Å². The van der Waals surface area contributed by atoms with Crippen LogP contribution in [0.4, 0.5) is 18.9 Å². The summed E-state index contributed by atoms with van der Waals surface area (Å²) >= 11 is 0. The highest BCUT2D eigenvalue weighted by Gasteiger charge is 2.36. The summed E-state index contributed by atoms with van der Waals surface area (Å²) in [6.45, 7) is 0. The Morgan fingerprint density at radius 2 is 1.46 bits per heavy atom. The fourth-order valence-electron chi connectivity index (χ4n) is 2.71. The van der Waals surface area contributed by atoms with E-state index in [2.05, 4.69) is 9.97 Å². The van der Waals surface area contributed by atoms with Crippen molar-refractivity contribution in [1.29, 1.82) is 0 Å². The molecule has 28 heavy (non-hydrogen) atoms. The van der Waals surface area contributed by atoms with Gasteiger partial charge in [0.2, 0.25) is 5.82 Å². The Hall–Kier alpha value is -2.81. The second kappa shape index (κ2) is 6.97. The average Bonchev–Trinajstić information content (AvgIpc) is 3.07. The average molecular weight is 409 g/mol. The van der Waals surface area contributed by atoms with E-state index in [9.17, 15) is 21.6 Å². The summed E-state index contributed by atoms with van der Waals surface area (Å²) in [5.74, 6) is -1.11. The Morgan fingerprint density at radius 3 is 1.93 bits per heavy atom. The largest absolute Gasteiger partial charge is 0.449 e. The molecule has 9 heteroatoms. The summed E-state index contributed by atoms with van der Waals surface area (Å²) in [7, 11) is 0.317. The second-order valence-electron chi connectivity index (χ2n) is 6.54. The number of benzene rings is 2. The van der Waals surface area contributed by atoms with Crippen molar-refractivity contribution in [2.24, 2.45) is 0 Å². The summed E-state index contributed by atoms with van der Waals surface area (Å²) in [5.41, 5.74) is 2.13. The van der Waals surface area contributed by atoms with Gasteiger partial charge in [-0.15, -0.1) is 0 Å². The van der Waals surface area contributed by atoms with Crippen molar-refractivity contribution in [3.8, 4) is 22.5 Å². The Bertz CT molecular complexity index is 1080. The van der Waals surface area contributed by atoms with E-state index in [0.29, 0.717) is 11.1 Å². The van der Waals surface area contributed by atoms with E-state index in [1.807, 2.05) is 19.0 Å². The van der Waals surface area contributed by atoms with Gasteiger partial charge in [0, 0.05) is 37.2 Å². The number of anilines is 1. The Morgan fingerprint density at radius 1 is 0.929 bits per heavy atom. The fourth-order valence-corrected chi connectivity index (χ4v) is 3.34. The lowest BCUT2D eigenvalue weighted by Crippen LogP contribution is -2.08. The number of rotatable bonds is 4. The molecule has 0 saturated carbocycles. The van der Waals surface area contributed by atoms with Crippen molar-refractivity contribution in [3.05, 3.63) is 54.4 Å². The number of nitrogens with zero attached hydrogens (tertiary/aromatic N) is 2. The number of sulfone groups is 1. The summed E-state index contributed by atoms with van der Waals surface area (Å²) in [5, 5.41) is 0. The van der Waals surface area contributed by atoms with Gasteiger partial charge in [-0.25, -0.2) is 13.4 Å². The minimum atomic E-state index is -4.64. The summed E-state index contributed by atoms with van der Waals surface area (Å²) in [6, 6.07) is 12.6. The van der Waals surface area contributed by atoms with Gasteiger partial charge in [0.05, 0.1) is 16.3 Å². The molecule has 0 bridgehead atoms. The van der Waals surface area contributed by atoms with Crippen molar-refractivity contribution in [2.45, 2.75) is 11.1 Å². The highest BCUT2D eigenvalue weighted by Crippen LogP contribution is 2.36. The molecule has 3 rings (SSSR count). The predicted octanol–water partition coefficient (Wildman–Crippen LogP) is 4.23. The van der Waals surface area contributed by atoms with E-state index in [1.54, 1.807) is 24.3 Å². The van der Waals surface area contributed by atoms with Gasteiger partial charge in [-0.05, 0) is 24.3 Å². The number of nitrogens with one attached hydrogen (secondary N) is 1. The monoisotopic (exact) mass is 409 g/mol. The highest BCUT2D eigenvalue weighted by atomic mass is 32.2. The zero-order chi connectivity index (χ0) is 20.7. The maximum Gasteiger partial charge on any atom is 0.449 e. The van der Waals surface area contributed by atoms with Crippen molar-refractivity contribution in [3.63, 3.8) is 0 Å². The number of alkyl halides is 3. The number of imidazole rings is 1. The molecular formula is C19H18F3N3O2S. The van der Waals surface area contributed by atoms with E-state index < -0.39 is 21.8 Å². The molecule has 0 atom stereocenters. The SMILES string of the molecule is CN(C)c1ccc(-c2nc(C(F)(F)F)[nH]c2-c2ccc(S(C)(=O)=O)cc2)cc1. The number of hydrogen-bond donors (Lipinski definition) is 1. The molecule has 0 spiro atoms. The van der Waals surface area contributed by atoms with Crippen LogP contribution in [-0.4, -0.2) is 38.7 Å². The first-order valence-corrected chi connectivity index (χ1v) is 10.1. The van der Waals surface area contributed by atoms with Gasteiger partial charge in [0.25, 0.3) is 0 Å². The molecule has 0 fully saturated rings. The van der Waals surface area contributed by atoms with Crippen molar-refractivity contribution in [2.75, 3.05) is 25.3 Å². The van der Waals surface area contributed by atoms with Crippen LogP contribution in [0.15, 0.2) is 53.4 Å². The zero-order valence-corrected chi connectivity index (χ0v) is 16.2. The number of hydrogen-bond acceptors (Lipinski definition) is 4. The standard InChI is InChI=1S/C19H18F3N3O2S/c1-25(2)14-8-4-12(5-9-14)16-17(24-18(23-16)19(20,21)22)13-6-10-15(11-7-13)28(3,26)27/h4-11H,1-3H3,(H,23,24). The van der Waals surface area contributed by atoms with Crippen LogP contribution in [0.1, 0.15) is 5.82 Å². The molecule has 148 valence electrons. The van der Waals surface area contributed by atoms with E-state index in [4.69, 9.17) is 0 Å². The van der Waals surface area contributed by atoms with Gasteiger partial charge in [0.15, 0.2) is 9.84 Å². The molecular weight excluding hydrogens is 391 g/mol. The van der Waals surface area contributed by atoms with Gasteiger partial charge < -0.3 is 9.88 Å². The van der Waals surface area contributed by atoms with Crippen LogP contribution in [0.2, 0.25) is 0 Å². The van der Waals surface area contributed by atoms with E-state index in [1.165, 1.54) is 24.3 Å². The molecule has 2 aromatic carbocycles. The molecule has 0 amide bonds. The van der Waals surface area contributed by atoms with Crippen LogP contribution >= 0.6 is 0 Å². The quantitative estimate of drug-likeness (QED) is 0.700. The zero-order valence-electron chi connectivity index (χ0n) is 15.4. The molecule has 5 nitrogen and oxygen atoms in total. The molecule has 0 aliphatic carbocycles. The maximum atomic E-state index is 13.2. The van der Waals surface area contributed by atoms with Crippen molar-refractivity contribution < 1.29 is 21.6 Å². The number of halogens is 3. The maximum absolute atomic E-state index is 13.2. The number of aromatic nitrogens is 2. The summed E-state index contributed by atoms with van der Waals surface area (Å²) in [6.07, 6.45) is -3.57. The topological polar surface area (TPSA) is 66.1 Å². The van der Waals surface area contributed by atoms with Crippen LogP contribution in [0.3, 0.4) is 0 Å². The molecule has 1 aromatic heterocycles. The van der Waals surface area contributed by atoms with Gasteiger partial charge in [-0.1, -0.05) is 24.3 Å². The number of H-pyrrole nitrogens is 1. The molecule has 1 N–H and O–H groups in total. The summed E-state index contributed by atoms with van der Waals surface area (Å²) < 4.78 is 62.9. The van der Waals surface area contributed by atoms with E-state index in [-0.39, 0.29) is 16.3 Å². The van der Waals surface area contributed by atoms with Crippen LogP contribution in [0.25, 0.3) is 22.5 Å². The predicted molar refractivity (Wildman–Crippen MR) is 102 cm³/mol. The second-order valence-corrected chi connectivity index (χ2v) is 8.56. The Labute approximate surface area is 160 Å². The fraction of sp³-hybridized carbons (Fsp3) is 0.211. The Kier molecular flexibility index (Phi) is 4.97. The first-order valence-electron chi connectivity index (χ1n) is 8.22. The third-order valence-electron chi connectivity index (χ3n) is 4.20. The smallest absolute Gasteiger partial charge is 0.378 e. The highest BCUT2D eigenvalue weighted by molar-refractivity contribution is 7.90. The van der Waals surface area contributed by atoms with E-state index >= 15 is 0 Å².